The van der Waals surface area contributed by atoms with E-state index >= 15 is 0 Å². The average Bonchev–Trinajstić information content (AvgIpc) is 2.08. The van der Waals surface area contributed by atoms with Gasteiger partial charge < -0.3 is 5.73 Å². The lowest BCUT2D eigenvalue weighted by atomic mass is 10.3. The monoisotopic (exact) mass is 149 g/mol. The molecule has 0 aliphatic rings. The number of nitrogen functional groups attached to an aromatic ring is 1. The molecular formula is C8H11N3. The summed E-state index contributed by atoms with van der Waals surface area (Å²) >= 11 is 0. The van der Waals surface area contributed by atoms with Gasteiger partial charge in [-0.05, 0) is 12.1 Å². The summed E-state index contributed by atoms with van der Waals surface area (Å²) in [6.45, 7) is 4.00. The van der Waals surface area contributed by atoms with Crippen molar-refractivity contribution >= 4 is 5.69 Å². The van der Waals surface area contributed by atoms with Gasteiger partial charge in [0.1, 0.15) is 11.8 Å². The van der Waals surface area contributed by atoms with Gasteiger partial charge in [0.05, 0.1) is 0 Å². The number of rotatable bonds is 0. The SMILES string of the molecule is CC.N#Cc1cc(N)ccn1. The fourth-order valence-corrected chi connectivity index (χ4v) is 0.508. The van der Waals surface area contributed by atoms with Crippen LogP contribution in [0.3, 0.4) is 0 Å². The first kappa shape index (κ1) is 9.44. The van der Waals surface area contributed by atoms with Crippen molar-refractivity contribution in [3.05, 3.63) is 24.0 Å². The summed E-state index contributed by atoms with van der Waals surface area (Å²) in [5.41, 5.74) is 6.27. The van der Waals surface area contributed by atoms with Gasteiger partial charge in [0, 0.05) is 11.9 Å². The molecular weight excluding hydrogens is 138 g/mol. The third kappa shape index (κ3) is 3.21. The Balaban J connectivity index is 0.000000461. The molecule has 0 unspecified atom stereocenters. The van der Waals surface area contributed by atoms with Crippen molar-refractivity contribution in [2.24, 2.45) is 0 Å². The van der Waals surface area contributed by atoms with Crippen molar-refractivity contribution in [2.45, 2.75) is 13.8 Å². The van der Waals surface area contributed by atoms with Crippen LogP contribution < -0.4 is 5.73 Å². The van der Waals surface area contributed by atoms with Gasteiger partial charge in [-0.25, -0.2) is 4.98 Å². The summed E-state index contributed by atoms with van der Waals surface area (Å²) in [6.07, 6.45) is 1.51. The van der Waals surface area contributed by atoms with Crippen molar-refractivity contribution in [1.29, 1.82) is 5.26 Å². The summed E-state index contributed by atoms with van der Waals surface area (Å²) < 4.78 is 0. The van der Waals surface area contributed by atoms with Crippen molar-refractivity contribution in [2.75, 3.05) is 5.73 Å². The van der Waals surface area contributed by atoms with E-state index in [2.05, 4.69) is 4.98 Å². The van der Waals surface area contributed by atoms with Gasteiger partial charge in [-0.15, -0.1) is 0 Å². The first-order valence-electron chi connectivity index (χ1n) is 3.44. The van der Waals surface area contributed by atoms with Crippen LogP contribution in [0.2, 0.25) is 0 Å². The predicted octanol–water partition coefficient (Wildman–Crippen LogP) is 1.56. The molecule has 1 aromatic rings. The number of hydrogen-bond donors (Lipinski definition) is 1. The van der Waals surface area contributed by atoms with E-state index in [1.165, 1.54) is 12.3 Å². The third-order valence-corrected chi connectivity index (χ3v) is 0.899. The maximum absolute atomic E-state index is 8.29. The highest BCUT2D eigenvalue weighted by molar-refractivity contribution is 5.40. The lowest BCUT2D eigenvalue weighted by molar-refractivity contribution is 1.27. The van der Waals surface area contributed by atoms with Crippen LogP contribution in [-0.4, -0.2) is 4.98 Å². The van der Waals surface area contributed by atoms with Gasteiger partial charge in [0.2, 0.25) is 0 Å². The van der Waals surface area contributed by atoms with Gasteiger partial charge in [-0.3, -0.25) is 0 Å². The topological polar surface area (TPSA) is 62.7 Å². The molecule has 1 aromatic heterocycles. The second-order valence-corrected chi connectivity index (χ2v) is 1.59. The van der Waals surface area contributed by atoms with Crippen molar-refractivity contribution in [3.63, 3.8) is 0 Å². The highest BCUT2D eigenvalue weighted by atomic mass is 14.7. The van der Waals surface area contributed by atoms with E-state index in [0.29, 0.717) is 11.4 Å². The number of pyridine rings is 1. The van der Waals surface area contributed by atoms with Crippen LogP contribution in [0.15, 0.2) is 18.3 Å². The van der Waals surface area contributed by atoms with Gasteiger partial charge in [-0.1, -0.05) is 13.8 Å². The number of aromatic nitrogens is 1. The first-order valence-corrected chi connectivity index (χ1v) is 3.44. The fourth-order valence-electron chi connectivity index (χ4n) is 0.508. The molecule has 0 amide bonds. The average molecular weight is 149 g/mol. The number of anilines is 1. The lowest BCUT2D eigenvalue weighted by Gasteiger charge is -1.88. The summed E-state index contributed by atoms with van der Waals surface area (Å²) in [7, 11) is 0. The molecule has 0 radical (unpaired) electrons. The van der Waals surface area contributed by atoms with Crippen LogP contribution in [0.5, 0.6) is 0 Å². The Kier molecular flexibility index (Phi) is 4.50. The lowest BCUT2D eigenvalue weighted by Crippen LogP contribution is -1.86. The Morgan fingerprint density at radius 2 is 2.18 bits per heavy atom. The zero-order valence-corrected chi connectivity index (χ0v) is 6.70. The molecule has 58 valence electrons. The third-order valence-electron chi connectivity index (χ3n) is 0.899. The molecule has 1 rings (SSSR count). The molecule has 0 aliphatic carbocycles. The number of nitriles is 1. The minimum absolute atomic E-state index is 0.356. The zero-order valence-electron chi connectivity index (χ0n) is 6.70. The van der Waals surface area contributed by atoms with Gasteiger partial charge in [0.25, 0.3) is 0 Å². The molecule has 0 aromatic carbocycles. The van der Waals surface area contributed by atoms with Crippen LogP contribution in [0.25, 0.3) is 0 Å². The summed E-state index contributed by atoms with van der Waals surface area (Å²) in [5, 5.41) is 8.29. The normalized spacial score (nSPS) is 7.36. The Morgan fingerprint density at radius 1 is 1.55 bits per heavy atom. The quantitative estimate of drug-likeness (QED) is 0.608. The molecule has 11 heavy (non-hydrogen) atoms. The molecule has 0 saturated carbocycles. The molecule has 0 saturated heterocycles. The minimum Gasteiger partial charge on any atom is -0.399 e. The van der Waals surface area contributed by atoms with E-state index in [9.17, 15) is 0 Å². The van der Waals surface area contributed by atoms with Gasteiger partial charge >= 0.3 is 0 Å². The predicted molar refractivity (Wildman–Crippen MR) is 44.7 cm³/mol. The van der Waals surface area contributed by atoms with E-state index in [0.717, 1.165) is 0 Å². The Hall–Kier alpha value is -1.56. The Bertz CT molecular complexity index is 250. The largest absolute Gasteiger partial charge is 0.399 e. The van der Waals surface area contributed by atoms with Crippen molar-refractivity contribution < 1.29 is 0 Å². The van der Waals surface area contributed by atoms with Gasteiger partial charge in [0.15, 0.2) is 0 Å². The number of nitrogens with zero attached hydrogens (tertiary/aromatic N) is 2. The molecule has 3 heteroatoms. The molecule has 0 fully saturated rings. The van der Waals surface area contributed by atoms with Crippen LogP contribution in [-0.2, 0) is 0 Å². The Morgan fingerprint density at radius 3 is 2.55 bits per heavy atom. The fraction of sp³-hybridized carbons (Fsp3) is 0.250. The van der Waals surface area contributed by atoms with Crippen molar-refractivity contribution in [1.82, 2.24) is 4.98 Å². The Labute approximate surface area is 66.5 Å². The molecule has 0 aliphatic heterocycles. The van der Waals surface area contributed by atoms with Crippen LogP contribution in [0.4, 0.5) is 5.69 Å². The molecule has 1 heterocycles. The van der Waals surface area contributed by atoms with Crippen LogP contribution in [0.1, 0.15) is 19.5 Å². The highest BCUT2D eigenvalue weighted by Crippen LogP contribution is 1.99. The molecule has 0 atom stereocenters. The van der Waals surface area contributed by atoms with Gasteiger partial charge in [-0.2, -0.15) is 5.26 Å². The smallest absolute Gasteiger partial charge is 0.142 e. The first-order chi connectivity index (χ1) is 5.33. The standard InChI is InChI=1S/C6H5N3.C2H6/c7-4-6-3-5(8)1-2-9-6;1-2/h1-3H,(H2,8,9);1-2H3. The molecule has 0 bridgehead atoms. The van der Waals surface area contributed by atoms with Crippen LogP contribution >= 0.6 is 0 Å². The highest BCUT2D eigenvalue weighted by Gasteiger charge is 1.88. The van der Waals surface area contributed by atoms with E-state index in [1.54, 1.807) is 6.07 Å². The van der Waals surface area contributed by atoms with E-state index in [-0.39, 0.29) is 0 Å². The minimum atomic E-state index is 0.356. The molecule has 3 nitrogen and oxygen atoms in total. The molecule has 0 spiro atoms. The zero-order chi connectivity index (χ0) is 8.69. The van der Waals surface area contributed by atoms with Crippen LogP contribution in [0, 0.1) is 11.3 Å². The van der Waals surface area contributed by atoms with E-state index in [4.69, 9.17) is 11.0 Å². The summed E-state index contributed by atoms with van der Waals surface area (Å²) in [4.78, 5) is 3.72. The number of hydrogen-bond acceptors (Lipinski definition) is 3. The summed E-state index contributed by atoms with van der Waals surface area (Å²) in [6, 6.07) is 5.04. The molecule has 2 N–H and O–H groups in total. The maximum atomic E-state index is 8.29. The maximum Gasteiger partial charge on any atom is 0.142 e. The summed E-state index contributed by atoms with van der Waals surface area (Å²) in [5.74, 6) is 0. The van der Waals surface area contributed by atoms with E-state index < -0.39 is 0 Å². The van der Waals surface area contributed by atoms with E-state index in [1.807, 2.05) is 19.9 Å². The number of nitrogens with two attached hydrogens (primary N) is 1. The van der Waals surface area contributed by atoms with Crippen molar-refractivity contribution in [3.8, 4) is 6.07 Å². The second kappa shape index (κ2) is 5.24. The second-order valence-electron chi connectivity index (χ2n) is 1.59.